The molecule has 1 fully saturated rings. The number of nitrogens with zero attached hydrogens (tertiary/aromatic N) is 3. The Bertz CT molecular complexity index is 389. The highest BCUT2D eigenvalue weighted by Gasteiger charge is 2.27. The maximum atomic E-state index is 11.7. The lowest BCUT2D eigenvalue weighted by atomic mass is 10.4. The second-order valence-corrected chi connectivity index (χ2v) is 5.61. The summed E-state index contributed by atoms with van der Waals surface area (Å²) < 4.78 is 2.08. The van der Waals surface area contributed by atoms with Crippen LogP contribution >= 0.6 is 11.8 Å². The van der Waals surface area contributed by atoms with E-state index >= 15 is 0 Å². The van der Waals surface area contributed by atoms with Gasteiger partial charge in [0, 0.05) is 12.6 Å². The third-order valence-electron chi connectivity index (χ3n) is 2.68. The standard InChI is InChI=1S/C11H18N4OS/c1-3-6-12-10(16)8(2)17-11-14-13-7-15(11)9-4-5-9/h7-9H,3-6H2,1-2H3,(H,12,16). The van der Waals surface area contributed by atoms with Crippen LogP contribution in [0.15, 0.2) is 11.5 Å². The zero-order valence-electron chi connectivity index (χ0n) is 10.2. The normalized spacial score (nSPS) is 16.8. The van der Waals surface area contributed by atoms with Crippen LogP contribution < -0.4 is 5.32 Å². The van der Waals surface area contributed by atoms with Gasteiger partial charge in [0.2, 0.25) is 5.91 Å². The maximum Gasteiger partial charge on any atom is 0.233 e. The SMILES string of the molecule is CCCNC(=O)C(C)Sc1nncn1C1CC1. The minimum Gasteiger partial charge on any atom is -0.355 e. The first-order valence-corrected chi connectivity index (χ1v) is 6.94. The van der Waals surface area contributed by atoms with Crippen LogP contribution in [0.25, 0.3) is 0 Å². The van der Waals surface area contributed by atoms with Crippen molar-refractivity contribution in [3.05, 3.63) is 6.33 Å². The van der Waals surface area contributed by atoms with Gasteiger partial charge in [-0.1, -0.05) is 18.7 Å². The van der Waals surface area contributed by atoms with E-state index in [1.54, 1.807) is 6.33 Å². The van der Waals surface area contributed by atoms with Gasteiger partial charge in [-0.2, -0.15) is 0 Å². The average Bonchev–Trinajstić information content (AvgIpc) is 3.07. The van der Waals surface area contributed by atoms with E-state index in [4.69, 9.17) is 0 Å². The number of aromatic nitrogens is 3. The van der Waals surface area contributed by atoms with Crippen molar-refractivity contribution in [2.45, 2.75) is 49.6 Å². The fraction of sp³-hybridized carbons (Fsp3) is 0.727. The highest BCUT2D eigenvalue weighted by molar-refractivity contribution is 8.00. The molecule has 0 bridgehead atoms. The van der Waals surface area contributed by atoms with Gasteiger partial charge in [0.1, 0.15) is 6.33 Å². The molecule has 1 unspecified atom stereocenters. The average molecular weight is 254 g/mol. The van der Waals surface area contributed by atoms with Gasteiger partial charge in [-0.05, 0) is 26.2 Å². The Morgan fingerprint density at radius 1 is 1.71 bits per heavy atom. The lowest BCUT2D eigenvalue weighted by Crippen LogP contribution is -2.31. The molecule has 1 aromatic rings. The monoisotopic (exact) mass is 254 g/mol. The van der Waals surface area contributed by atoms with Crippen LogP contribution in [-0.4, -0.2) is 32.5 Å². The molecule has 6 heteroatoms. The third kappa shape index (κ3) is 3.21. The molecule has 17 heavy (non-hydrogen) atoms. The second kappa shape index (κ2) is 5.53. The number of thioether (sulfide) groups is 1. The highest BCUT2D eigenvalue weighted by Crippen LogP contribution is 2.37. The number of rotatable bonds is 6. The van der Waals surface area contributed by atoms with E-state index < -0.39 is 0 Å². The molecule has 94 valence electrons. The van der Waals surface area contributed by atoms with E-state index in [0.717, 1.165) is 18.1 Å². The predicted octanol–water partition coefficient (Wildman–Crippen LogP) is 1.62. The Balaban J connectivity index is 1.90. The summed E-state index contributed by atoms with van der Waals surface area (Å²) in [7, 11) is 0. The molecule has 0 spiro atoms. The molecule has 1 saturated carbocycles. The summed E-state index contributed by atoms with van der Waals surface area (Å²) in [5.41, 5.74) is 0. The first-order chi connectivity index (χ1) is 8.22. The zero-order valence-corrected chi connectivity index (χ0v) is 11.0. The van der Waals surface area contributed by atoms with Crippen molar-refractivity contribution < 1.29 is 4.79 Å². The highest BCUT2D eigenvalue weighted by atomic mass is 32.2. The van der Waals surface area contributed by atoms with Gasteiger partial charge in [0.05, 0.1) is 5.25 Å². The first-order valence-electron chi connectivity index (χ1n) is 6.06. The molecule has 1 heterocycles. The lowest BCUT2D eigenvalue weighted by Gasteiger charge is -2.11. The minimum atomic E-state index is -0.122. The quantitative estimate of drug-likeness (QED) is 0.784. The number of nitrogens with one attached hydrogen (secondary N) is 1. The van der Waals surface area contributed by atoms with Crippen molar-refractivity contribution in [3.8, 4) is 0 Å². The van der Waals surface area contributed by atoms with Gasteiger partial charge in [-0.3, -0.25) is 4.79 Å². The molecule has 1 N–H and O–H groups in total. The second-order valence-electron chi connectivity index (χ2n) is 4.30. The smallest absolute Gasteiger partial charge is 0.233 e. The van der Waals surface area contributed by atoms with Crippen molar-refractivity contribution in [2.24, 2.45) is 0 Å². The molecule has 0 aromatic carbocycles. The molecule has 1 aliphatic rings. The van der Waals surface area contributed by atoms with E-state index in [0.29, 0.717) is 6.04 Å². The van der Waals surface area contributed by atoms with Crippen molar-refractivity contribution in [3.63, 3.8) is 0 Å². The van der Waals surface area contributed by atoms with Crippen molar-refractivity contribution in [2.75, 3.05) is 6.54 Å². The van der Waals surface area contributed by atoms with E-state index in [2.05, 4.69) is 20.1 Å². The van der Waals surface area contributed by atoms with Crippen LogP contribution in [0, 0.1) is 0 Å². The molecule has 0 aliphatic heterocycles. The summed E-state index contributed by atoms with van der Waals surface area (Å²) in [6.07, 6.45) is 5.11. The van der Waals surface area contributed by atoms with Crippen LogP contribution in [0.1, 0.15) is 39.2 Å². The number of hydrogen-bond acceptors (Lipinski definition) is 4. The largest absolute Gasteiger partial charge is 0.355 e. The van der Waals surface area contributed by atoms with E-state index in [9.17, 15) is 4.79 Å². The Labute approximate surface area is 105 Å². The summed E-state index contributed by atoms with van der Waals surface area (Å²) in [6.45, 7) is 4.68. The van der Waals surface area contributed by atoms with E-state index in [1.807, 2.05) is 13.8 Å². The summed E-state index contributed by atoms with van der Waals surface area (Å²) in [5, 5.41) is 11.6. The molecule has 1 aromatic heterocycles. The number of hydrogen-bond donors (Lipinski definition) is 1. The van der Waals surface area contributed by atoms with Crippen LogP contribution in [0.4, 0.5) is 0 Å². The molecule has 2 rings (SSSR count). The van der Waals surface area contributed by atoms with E-state index in [1.165, 1.54) is 24.6 Å². The minimum absolute atomic E-state index is 0.0715. The van der Waals surface area contributed by atoms with Gasteiger partial charge in [-0.15, -0.1) is 10.2 Å². The molecule has 0 radical (unpaired) electrons. The summed E-state index contributed by atoms with van der Waals surface area (Å²) in [6, 6.07) is 0.554. The maximum absolute atomic E-state index is 11.7. The first kappa shape index (κ1) is 12.4. The fourth-order valence-corrected chi connectivity index (χ4v) is 2.44. The fourth-order valence-electron chi connectivity index (χ4n) is 1.52. The van der Waals surface area contributed by atoms with Crippen LogP contribution in [0.2, 0.25) is 0 Å². The summed E-state index contributed by atoms with van der Waals surface area (Å²) in [5.74, 6) is 0.0715. The summed E-state index contributed by atoms with van der Waals surface area (Å²) in [4.78, 5) is 11.7. The van der Waals surface area contributed by atoms with Crippen LogP contribution in [0.5, 0.6) is 0 Å². The van der Waals surface area contributed by atoms with Gasteiger partial charge in [-0.25, -0.2) is 0 Å². The van der Waals surface area contributed by atoms with Crippen molar-refractivity contribution >= 4 is 17.7 Å². The molecule has 0 saturated heterocycles. The lowest BCUT2D eigenvalue weighted by molar-refractivity contribution is -0.120. The van der Waals surface area contributed by atoms with Crippen LogP contribution in [0.3, 0.4) is 0 Å². The molecule has 5 nitrogen and oxygen atoms in total. The molecule has 1 amide bonds. The number of amides is 1. The molecular formula is C11H18N4OS. The Morgan fingerprint density at radius 3 is 3.12 bits per heavy atom. The Hall–Kier alpha value is -1.04. The zero-order chi connectivity index (χ0) is 12.3. The molecule has 1 atom stereocenters. The van der Waals surface area contributed by atoms with Crippen LogP contribution in [-0.2, 0) is 4.79 Å². The Kier molecular flexibility index (Phi) is 4.04. The molecule has 1 aliphatic carbocycles. The third-order valence-corrected chi connectivity index (χ3v) is 3.75. The predicted molar refractivity (Wildman–Crippen MR) is 66.9 cm³/mol. The van der Waals surface area contributed by atoms with Gasteiger partial charge in [0.25, 0.3) is 0 Å². The van der Waals surface area contributed by atoms with Crippen molar-refractivity contribution in [1.29, 1.82) is 0 Å². The van der Waals surface area contributed by atoms with E-state index in [-0.39, 0.29) is 11.2 Å². The number of carbonyl (C=O) groups is 1. The molecular weight excluding hydrogens is 236 g/mol. The summed E-state index contributed by atoms with van der Waals surface area (Å²) >= 11 is 1.48. The van der Waals surface area contributed by atoms with Gasteiger partial charge < -0.3 is 9.88 Å². The number of carbonyl (C=O) groups excluding carboxylic acids is 1. The van der Waals surface area contributed by atoms with Gasteiger partial charge >= 0.3 is 0 Å². The van der Waals surface area contributed by atoms with Crippen molar-refractivity contribution in [1.82, 2.24) is 20.1 Å². The van der Waals surface area contributed by atoms with Gasteiger partial charge in [0.15, 0.2) is 5.16 Å². The topological polar surface area (TPSA) is 59.8 Å². The Morgan fingerprint density at radius 2 is 2.47 bits per heavy atom.